The number of aryl methyl sites for hydroxylation is 1. The highest BCUT2D eigenvalue weighted by molar-refractivity contribution is 6.03. The van der Waals surface area contributed by atoms with Gasteiger partial charge in [-0.25, -0.2) is 4.39 Å². The number of nitrogens with zero attached hydrogens (tertiary/aromatic N) is 2. The summed E-state index contributed by atoms with van der Waals surface area (Å²) >= 11 is 0. The first-order chi connectivity index (χ1) is 10.1. The molecule has 0 saturated heterocycles. The molecule has 0 fully saturated rings. The second-order valence-electron chi connectivity index (χ2n) is 4.26. The van der Waals surface area contributed by atoms with Crippen LogP contribution in [-0.4, -0.2) is 27.4 Å². The van der Waals surface area contributed by atoms with Crippen molar-refractivity contribution in [2.24, 2.45) is 7.05 Å². The predicted octanol–water partition coefficient (Wildman–Crippen LogP) is 1.55. The van der Waals surface area contributed by atoms with Gasteiger partial charge in [0, 0.05) is 25.2 Å². The van der Waals surface area contributed by atoms with E-state index in [-0.39, 0.29) is 12.3 Å². The van der Waals surface area contributed by atoms with Gasteiger partial charge in [0.15, 0.2) is 0 Å². The Kier molecular flexibility index (Phi) is 4.69. The number of aliphatic hydroxyl groups excluding tert-OH is 1. The van der Waals surface area contributed by atoms with Gasteiger partial charge in [-0.2, -0.15) is 5.10 Å². The fraction of sp³-hybridized carbons (Fsp3) is 0.200. The SMILES string of the molecule is Cn1nccc1C(=O)Nc1ccc(C#CCCO)cc1F. The molecule has 0 atom stereocenters. The molecule has 2 aromatic rings. The van der Waals surface area contributed by atoms with Gasteiger partial charge in [-0.1, -0.05) is 11.8 Å². The first-order valence-corrected chi connectivity index (χ1v) is 6.30. The summed E-state index contributed by atoms with van der Waals surface area (Å²) in [5.41, 5.74) is 0.898. The Balaban J connectivity index is 2.13. The molecular weight excluding hydrogens is 273 g/mol. The lowest BCUT2D eigenvalue weighted by Gasteiger charge is -2.06. The number of amides is 1. The van der Waals surface area contributed by atoms with Crippen LogP contribution >= 0.6 is 0 Å². The lowest BCUT2D eigenvalue weighted by Crippen LogP contribution is -2.16. The van der Waals surface area contributed by atoms with Gasteiger partial charge in [0.05, 0.1) is 12.3 Å². The standard InChI is InChI=1S/C15H14FN3O2/c1-19-14(7-8-17-19)15(21)18-13-6-5-11(10-12(13)16)4-2-3-9-20/h5-8,10,20H,3,9H2,1H3,(H,18,21). The summed E-state index contributed by atoms with van der Waals surface area (Å²) in [6.07, 6.45) is 1.83. The average molecular weight is 287 g/mol. The van der Waals surface area contributed by atoms with Crippen molar-refractivity contribution in [3.8, 4) is 11.8 Å². The van der Waals surface area contributed by atoms with Crippen molar-refractivity contribution in [3.05, 3.63) is 47.5 Å². The van der Waals surface area contributed by atoms with E-state index < -0.39 is 11.7 Å². The molecule has 6 heteroatoms. The number of hydrogen-bond donors (Lipinski definition) is 2. The summed E-state index contributed by atoms with van der Waals surface area (Å²) < 4.78 is 15.3. The fourth-order valence-electron chi connectivity index (χ4n) is 1.70. The van der Waals surface area contributed by atoms with Crippen LogP contribution in [0.5, 0.6) is 0 Å². The van der Waals surface area contributed by atoms with Crippen LogP contribution in [0.3, 0.4) is 0 Å². The molecule has 0 bridgehead atoms. The van der Waals surface area contributed by atoms with Crippen molar-refractivity contribution >= 4 is 11.6 Å². The van der Waals surface area contributed by atoms with Crippen LogP contribution in [0.1, 0.15) is 22.5 Å². The lowest BCUT2D eigenvalue weighted by molar-refractivity contribution is 0.101. The van der Waals surface area contributed by atoms with Crippen LogP contribution in [-0.2, 0) is 7.05 Å². The molecule has 0 saturated carbocycles. The first-order valence-electron chi connectivity index (χ1n) is 6.30. The van der Waals surface area contributed by atoms with E-state index in [4.69, 9.17) is 5.11 Å². The van der Waals surface area contributed by atoms with Gasteiger partial charge >= 0.3 is 0 Å². The normalized spacial score (nSPS) is 9.86. The van der Waals surface area contributed by atoms with Gasteiger partial charge in [0.1, 0.15) is 11.5 Å². The van der Waals surface area contributed by atoms with Gasteiger partial charge < -0.3 is 10.4 Å². The molecule has 2 rings (SSSR count). The Bertz CT molecular complexity index is 713. The molecule has 21 heavy (non-hydrogen) atoms. The number of anilines is 1. The second kappa shape index (κ2) is 6.68. The Morgan fingerprint density at radius 1 is 1.48 bits per heavy atom. The van der Waals surface area contributed by atoms with Crippen LogP contribution in [0.4, 0.5) is 10.1 Å². The number of aromatic nitrogens is 2. The molecule has 2 N–H and O–H groups in total. The van der Waals surface area contributed by atoms with Gasteiger partial charge in [0.2, 0.25) is 0 Å². The maximum atomic E-state index is 13.9. The summed E-state index contributed by atoms with van der Waals surface area (Å²) in [4.78, 5) is 11.9. The van der Waals surface area contributed by atoms with Gasteiger partial charge in [-0.05, 0) is 24.3 Å². The molecule has 0 aliphatic rings. The number of aliphatic hydroxyl groups is 1. The number of nitrogens with one attached hydrogen (secondary N) is 1. The minimum atomic E-state index is -0.568. The molecule has 0 aliphatic heterocycles. The van der Waals surface area contributed by atoms with Crippen molar-refractivity contribution in [1.82, 2.24) is 9.78 Å². The maximum absolute atomic E-state index is 13.9. The van der Waals surface area contributed by atoms with Crippen LogP contribution in [0.15, 0.2) is 30.5 Å². The highest BCUT2D eigenvalue weighted by Gasteiger charge is 2.12. The topological polar surface area (TPSA) is 67.2 Å². The van der Waals surface area contributed by atoms with E-state index in [1.807, 2.05) is 0 Å². The number of halogens is 1. The van der Waals surface area contributed by atoms with Crippen LogP contribution < -0.4 is 5.32 Å². The Labute approximate surface area is 121 Å². The summed E-state index contributed by atoms with van der Waals surface area (Å²) in [7, 11) is 1.63. The zero-order valence-corrected chi connectivity index (χ0v) is 11.4. The fourth-order valence-corrected chi connectivity index (χ4v) is 1.70. The van der Waals surface area contributed by atoms with Crippen LogP contribution in [0.2, 0.25) is 0 Å². The molecule has 0 aliphatic carbocycles. The Hall–Kier alpha value is -2.65. The summed E-state index contributed by atoms with van der Waals surface area (Å²) in [5.74, 6) is 4.42. The van der Waals surface area contributed by atoms with Gasteiger partial charge in [-0.15, -0.1) is 0 Å². The number of hydrogen-bond acceptors (Lipinski definition) is 3. The summed E-state index contributed by atoms with van der Waals surface area (Å²) in [6, 6.07) is 5.84. The van der Waals surface area contributed by atoms with E-state index in [1.54, 1.807) is 19.2 Å². The van der Waals surface area contributed by atoms with E-state index in [1.165, 1.54) is 23.0 Å². The highest BCUT2D eigenvalue weighted by atomic mass is 19.1. The molecule has 1 aromatic heterocycles. The zero-order chi connectivity index (χ0) is 15.2. The maximum Gasteiger partial charge on any atom is 0.273 e. The molecule has 1 aromatic carbocycles. The zero-order valence-electron chi connectivity index (χ0n) is 11.4. The average Bonchev–Trinajstić information content (AvgIpc) is 2.88. The van der Waals surface area contributed by atoms with E-state index in [2.05, 4.69) is 22.3 Å². The van der Waals surface area contributed by atoms with E-state index in [0.717, 1.165) is 0 Å². The lowest BCUT2D eigenvalue weighted by atomic mass is 10.2. The highest BCUT2D eigenvalue weighted by Crippen LogP contribution is 2.16. The predicted molar refractivity (Wildman–Crippen MR) is 76.1 cm³/mol. The molecule has 0 unspecified atom stereocenters. The summed E-state index contributed by atoms with van der Waals surface area (Å²) in [5, 5.41) is 15.0. The monoisotopic (exact) mass is 287 g/mol. The number of carbonyl (C=O) groups excluding carboxylic acids is 1. The van der Waals surface area contributed by atoms with E-state index in [9.17, 15) is 9.18 Å². The first kappa shape index (κ1) is 14.8. The number of benzene rings is 1. The molecule has 0 spiro atoms. The van der Waals surface area contributed by atoms with E-state index in [0.29, 0.717) is 17.7 Å². The number of rotatable bonds is 3. The quantitative estimate of drug-likeness (QED) is 0.842. The van der Waals surface area contributed by atoms with Crippen LogP contribution in [0, 0.1) is 17.7 Å². The Morgan fingerprint density at radius 3 is 2.90 bits per heavy atom. The molecule has 108 valence electrons. The minimum absolute atomic E-state index is 0.0334. The van der Waals surface area contributed by atoms with Crippen molar-refractivity contribution < 1.29 is 14.3 Å². The van der Waals surface area contributed by atoms with Crippen molar-refractivity contribution in [3.63, 3.8) is 0 Å². The molecule has 1 heterocycles. The third-order valence-electron chi connectivity index (χ3n) is 2.74. The largest absolute Gasteiger partial charge is 0.395 e. The third-order valence-corrected chi connectivity index (χ3v) is 2.74. The summed E-state index contributed by atoms with van der Waals surface area (Å²) in [6.45, 7) is -0.0334. The smallest absolute Gasteiger partial charge is 0.273 e. The van der Waals surface area contributed by atoms with Crippen molar-refractivity contribution in [1.29, 1.82) is 0 Å². The van der Waals surface area contributed by atoms with Crippen LogP contribution in [0.25, 0.3) is 0 Å². The molecule has 5 nitrogen and oxygen atoms in total. The van der Waals surface area contributed by atoms with Gasteiger partial charge in [0.25, 0.3) is 5.91 Å². The second-order valence-corrected chi connectivity index (χ2v) is 4.26. The third kappa shape index (κ3) is 3.68. The molecular formula is C15H14FN3O2. The Morgan fingerprint density at radius 2 is 2.29 bits per heavy atom. The van der Waals surface area contributed by atoms with Gasteiger partial charge in [-0.3, -0.25) is 9.48 Å². The van der Waals surface area contributed by atoms with E-state index >= 15 is 0 Å². The van der Waals surface area contributed by atoms with Crippen molar-refractivity contribution in [2.45, 2.75) is 6.42 Å². The number of carbonyl (C=O) groups is 1. The van der Waals surface area contributed by atoms with Crippen molar-refractivity contribution in [2.75, 3.05) is 11.9 Å². The molecule has 1 amide bonds. The molecule has 0 radical (unpaired) electrons. The minimum Gasteiger partial charge on any atom is -0.395 e.